The topological polar surface area (TPSA) is 70.7 Å². The highest BCUT2D eigenvalue weighted by Crippen LogP contribution is 2.16. The molecule has 1 heterocycles. The molecule has 5 nitrogen and oxygen atoms in total. The number of carbonyl (C=O) groups is 1. The Labute approximate surface area is 132 Å². The molecule has 116 valence electrons. The summed E-state index contributed by atoms with van der Waals surface area (Å²) in [7, 11) is 0. The van der Waals surface area contributed by atoms with E-state index in [-0.39, 0.29) is 17.7 Å². The van der Waals surface area contributed by atoms with Crippen molar-refractivity contribution >= 4 is 11.9 Å². The highest BCUT2D eigenvalue weighted by molar-refractivity contribution is 5.89. The molecule has 2 N–H and O–H groups in total. The molecule has 6 heteroatoms. The standard InChI is InChI=1S/C17H15FN4O/c18-14-9-7-13(8-10-14)16-20-17(22-21-16)19-15(23)11-6-12-4-2-1-3-5-12/h1-5,7-10H,6,11H2,(H2,19,20,21,22,23). The molecule has 3 rings (SSSR count). The van der Waals surface area contributed by atoms with Crippen molar-refractivity contribution in [3.8, 4) is 11.4 Å². The third kappa shape index (κ3) is 4.00. The van der Waals surface area contributed by atoms with Crippen molar-refractivity contribution in [1.29, 1.82) is 0 Å². The van der Waals surface area contributed by atoms with Gasteiger partial charge in [0.1, 0.15) is 5.82 Å². The fourth-order valence-corrected chi connectivity index (χ4v) is 2.14. The van der Waals surface area contributed by atoms with Gasteiger partial charge in [-0.25, -0.2) is 4.39 Å². The second-order valence-electron chi connectivity index (χ2n) is 5.05. The molecule has 0 saturated carbocycles. The van der Waals surface area contributed by atoms with Crippen LogP contribution in [0.15, 0.2) is 54.6 Å². The Morgan fingerprint density at radius 1 is 1.09 bits per heavy atom. The SMILES string of the molecule is O=C(CCc1ccccc1)Nc1n[nH]c(-c2ccc(F)cc2)n1. The first-order chi connectivity index (χ1) is 11.2. The molecule has 0 bridgehead atoms. The first-order valence-corrected chi connectivity index (χ1v) is 7.23. The summed E-state index contributed by atoms with van der Waals surface area (Å²) in [4.78, 5) is 16.1. The van der Waals surface area contributed by atoms with Crippen LogP contribution in [-0.2, 0) is 11.2 Å². The Balaban J connectivity index is 1.58. The van der Waals surface area contributed by atoms with Gasteiger partial charge in [0.05, 0.1) is 0 Å². The van der Waals surface area contributed by atoms with Crippen molar-refractivity contribution in [2.75, 3.05) is 5.32 Å². The molecule has 1 amide bonds. The van der Waals surface area contributed by atoms with Gasteiger partial charge in [0.15, 0.2) is 5.82 Å². The largest absolute Gasteiger partial charge is 0.293 e. The molecule has 23 heavy (non-hydrogen) atoms. The van der Waals surface area contributed by atoms with E-state index in [4.69, 9.17) is 0 Å². The summed E-state index contributed by atoms with van der Waals surface area (Å²) in [5.74, 6) is 0.215. The smallest absolute Gasteiger partial charge is 0.249 e. The first kappa shape index (κ1) is 14.9. The molecule has 0 atom stereocenters. The Bertz CT molecular complexity index is 784. The average Bonchev–Trinajstić information content (AvgIpc) is 3.03. The number of hydrogen-bond donors (Lipinski definition) is 2. The van der Waals surface area contributed by atoms with E-state index in [2.05, 4.69) is 20.5 Å². The van der Waals surface area contributed by atoms with Crippen LogP contribution in [0.25, 0.3) is 11.4 Å². The maximum absolute atomic E-state index is 12.9. The summed E-state index contributed by atoms with van der Waals surface area (Å²) in [5, 5.41) is 9.32. The lowest BCUT2D eigenvalue weighted by Crippen LogP contribution is -2.13. The Morgan fingerprint density at radius 2 is 1.83 bits per heavy atom. The van der Waals surface area contributed by atoms with Gasteiger partial charge in [-0.2, -0.15) is 4.98 Å². The van der Waals surface area contributed by atoms with Gasteiger partial charge in [-0.1, -0.05) is 30.3 Å². The fraction of sp³-hybridized carbons (Fsp3) is 0.118. The van der Waals surface area contributed by atoms with Crippen LogP contribution in [0.2, 0.25) is 0 Å². The van der Waals surface area contributed by atoms with Crippen LogP contribution >= 0.6 is 0 Å². The molecular formula is C17H15FN4O. The van der Waals surface area contributed by atoms with Crippen LogP contribution in [0.5, 0.6) is 0 Å². The van der Waals surface area contributed by atoms with E-state index in [9.17, 15) is 9.18 Å². The molecule has 0 unspecified atom stereocenters. The quantitative estimate of drug-likeness (QED) is 0.760. The zero-order valence-corrected chi connectivity index (χ0v) is 12.3. The number of nitrogens with zero attached hydrogens (tertiary/aromatic N) is 2. The highest BCUT2D eigenvalue weighted by Gasteiger charge is 2.09. The van der Waals surface area contributed by atoms with Crippen molar-refractivity contribution in [3.63, 3.8) is 0 Å². The number of amides is 1. The molecule has 0 aliphatic carbocycles. The van der Waals surface area contributed by atoms with Gasteiger partial charge >= 0.3 is 0 Å². The summed E-state index contributed by atoms with van der Waals surface area (Å²) >= 11 is 0. The lowest BCUT2D eigenvalue weighted by Gasteiger charge is -2.01. The molecular weight excluding hydrogens is 295 g/mol. The molecule has 0 aliphatic heterocycles. The molecule has 0 fully saturated rings. The number of benzene rings is 2. The van der Waals surface area contributed by atoms with Crippen LogP contribution in [0, 0.1) is 5.82 Å². The fourth-order valence-electron chi connectivity index (χ4n) is 2.14. The molecule has 2 aromatic carbocycles. The maximum Gasteiger partial charge on any atom is 0.249 e. The van der Waals surface area contributed by atoms with E-state index in [1.807, 2.05) is 30.3 Å². The number of aryl methyl sites for hydroxylation is 1. The van der Waals surface area contributed by atoms with E-state index in [1.165, 1.54) is 12.1 Å². The van der Waals surface area contributed by atoms with Crippen molar-refractivity contribution < 1.29 is 9.18 Å². The van der Waals surface area contributed by atoms with Crippen molar-refractivity contribution in [2.24, 2.45) is 0 Å². The summed E-state index contributed by atoms with van der Waals surface area (Å²) in [5.41, 5.74) is 1.80. The highest BCUT2D eigenvalue weighted by atomic mass is 19.1. The van der Waals surface area contributed by atoms with Gasteiger partial charge in [-0.15, -0.1) is 5.10 Å². The second-order valence-corrected chi connectivity index (χ2v) is 5.05. The predicted octanol–water partition coefficient (Wildman–Crippen LogP) is 3.18. The van der Waals surface area contributed by atoms with Gasteiger partial charge in [-0.3, -0.25) is 15.2 Å². The number of carbonyl (C=O) groups excluding carboxylic acids is 1. The number of aromatic amines is 1. The number of halogens is 1. The lowest BCUT2D eigenvalue weighted by atomic mass is 10.1. The Morgan fingerprint density at radius 3 is 2.57 bits per heavy atom. The number of anilines is 1. The maximum atomic E-state index is 12.9. The number of rotatable bonds is 5. The minimum Gasteiger partial charge on any atom is -0.293 e. The zero-order valence-electron chi connectivity index (χ0n) is 12.3. The third-order valence-corrected chi connectivity index (χ3v) is 3.34. The van der Waals surface area contributed by atoms with Crippen LogP contribution in [0.3, 0.4) is 0 Å². The van der Waals surface area contributed by atoms with Crippen molar-refractivity contribution in [3.05, 3.63) is 66.0 Å². The number of hydrogen-bond acceptors (Lipinski definition) is 3. The van der Waals surface area contributed by atoms with Gasteiger partial charge in [0.25, 0.3) is 0 Å². The van der Waals surface area contributed by atoms with Crippen molar-refractivity contribution in [2.45, 2.75) is 12.8 Å². The average molecular weight is 310 g/mol. The molecule has 1 aromatic heterocycles. The van der Waals surface area contributed by atoms with Crippen LogP contribution in [0.1, 0.15) is 12.0 Å². The summed E-state index contributed by atoms with van der Waals surface area (Å²) in [6.07, 6.45) is 1.01. The minimum absolute atomic E-state index is 0.154. The predicted molar refractivity (Wildman–Crippen MR) is 85.2 cm³/mol. The van der Waals surface area contributed by atoms with Gasteiger partial charge in [0.2, 0.25) is 11.9 Å². The molecule has 0 spiro atoms. The van der Waals surface area contributed by atoms with Crippen LogP contribution < -0.4 is 5.32 Å². The van der Waals surface area contributed by atoms with E-state index in [0.717, 1.165) is 5.56 Å². The Kier molecular flexibility index (Phi) is 4.42. The van der Waals surface area contributed by atoms with Crippen molar-refractivity contribution in [1.82, 2.24) is 15.2 Å². The summed E-state index contributed by atoms with van der Waals surface area (Å²) in [6.45, 7) is 0. The molecule has 0 radical (unpaired) electrons. The van der Waals surface area contributed by atoms with Crippen LogP contribution in [0.4, 0.5) is 10.3 Å². The molecule has 0 aliphatic rings. The lowest BCUT2D eigenvalue weighted by molar-refractivity contribution is -0.116. The molecule has 0 saturated heterocycles. The minimum atomic E-state index is -0.317. The second kappa shape index (κ2) is 6.83. The van der Waals surface area contributed by atoms with Gasteiger partial charge in [-0.05, 0) is 36.2 Å². The van der Waals surface area contributed by atoms with Gasteiger partial charge < -0.3 is 0 Å². The van der Waals surface area contributed by atoms with Crippen LogP contribution in [-0.4, -0.2) is 21.1 Å². The van der Waals surface area contributed by atoms with E-state index in [0.29, 0.717) is 24.2 Å². The van der Waals surface area contributed by atoms with Gasteiger partial charge in [0, 0.05) is 12.0 Å². The van der Waals surface area contributed by atoms with E-state index < -0.39 is 0 Å². The number of aromatic nitrogens is 3. The number of H-pyrrole nitrogens is 1. The normalized spacial score (nSPS) is 10.5. The third-order valence-electron chi connectivity index (χ3n) is 3.34. The summed E-state index contributed by atoms with van der Waals surface area (Å²) in [6, 6.07) is 15.7. The van der Waals surface area contributed by atoms with E-state index >= 15 is 0 Å². The van der Waals surface area contributed by atoms with E-state index in [1.54, 1.807) is 12.1 Å². The zero-order chi connectivity index (χ0) is 16.1. The number of nitrogens with one attached hydrogen (secondary N) is 2. The Hall–Kier alpha value is -3.02. The summed E-state index contributed by atoms with van der Waals surface area (Å²) < 4.78 is 12.9. The molecule has 3 aromatic rings. The monoisotopic (exact) mass is 310 g/mol. The first-order valence-electron chi connectivity index (χ1n) is 7.23.